The van der Waals surface area contributed by atoms with Crippen molar-refractivity contribution < 1.29 is 14.3 Å². The molecular weight excluding hydrogens is 342 g/mol. The molecule has 0 aliphatic heterocycles. The molecule has 6 nitrogen and oxygen atoms in total. The number of para-hydroxylation sites is 2. The van der Waals surface area contributed by atoms with E-state index in [-0.39, 0.29) is 0 Å². The summed E-state index contributed by atoms with van der Waals surface area (Å²) in [5, 5.41) is 6.55. The summed E-state index contributed by atoms with van der Waals surface area (Å²) < 4.78 is 5.43. The van der Waals surface area contributed by atoms with Gasteiger partial charge in [-0.1, -0.05) is 48.5 Å². The van der Waals surface area contributed by atoms with Gasteiger partial charge in [0.2, 0.25) is 0 Å². The number of hydrazone groups is 1. The molecule has 0 saturated heterocycles. The molecule has 3 aromatic carbocycles. The van der Waals surface area contributed by atoms with Crippen LogP contribution in [0.25, 0.3) is 0 Å². The van der Waals surface area contributed by atoms with Crippen LogP contribution >= 0.6 is 0 Å². The van der Waals surface area contributed by atoms with E-state index in [1.807, 2.05) is 24.3 Å². The van der Waals surface area contributed by atoms with Crippen LogP contribution < -0.4 is 15.5 Å². The van der Waals surface area contributed by atoms with E-state index in [0.29, 0.717) is 22.6 Å². The fraction of sp³-hybridized carbons (Fsp3) is 0. The Kier molecular flexibility index (Phi) is 5.93. The maximum atomic E-state index is 12.2. The normalized spacial score (nSPS) is 10.4. The number of nitrogens with zero attached hydrogens (tertiary/aromatic N) is 1. The Morgan fingerprint density at radius 3 is 2.19 bits per heavy atom. The van der Waals surface area contributed by atoms with Gasteiger partial charge in [-0.15, -0.1) is 0 Å². The molecule has 27 heavy (non-hydrogen) atoms. The number of ether oxygens (including phenoxy) is 1. The van der Waals surface area contributed by atoms with Crippen LogP contribution in [-0.4, -0.2) is 18.2 Å². The minimum atomic E-state index is -0.476. The van der Waals surface area contributed by atoms with Crippen molar-refractivity contribution in [3.8, 4) is 5.75 Å². The van der Waals surface area contributed by atoms with Crippen LogP contribution in [0.2, 0.25) is 0 Å². The van der Waals surface area contributed by atoms with Crippen LogP contribution in [0.3, 0.4) is 0 Å². The summed E-state index contributed by atoms with van der Waals surface area (Å²) in [5.41, 5.74) is 4.03. The fourth-order valence-electron chi connectivity index (χ4n) is 2.25. The van der Waals surface area contributed by atoms with Crippen molar-refractivity contribution in [1.29, 1.82) is 0 Å². The Balaban J connectivity index is 1.62. The van der Waals surface area contributed by atoms with Crippen molar-refractivity contribution in [2.45, 2.75) is 0 Å². The number of urea groups is 1. The summed E-state index contributed by atoms with van der Waals surface area (Å²) in [6, 6.07) is 24.2. The topological polar surface area (TPSA) is 79.8 Å². The lowest BCUT2D eigenvalue weighted by atomic mass is 10.2. The number of anilines is 1. The van der Waals surface area contributed by atoms with E-state index in [4.69, 9.17) is 4.74 Å². The molecule has 6 heteroatoms. The third kappa shape index (κ3) is 5.27. The van der Waals surface area contributed by atoms with Gasteiger partial charge >= 0.3 is 12.0 Å². The second-order valence-electron chi connectivity index (χ2n) is 5.48. The zero-order valence-electron chi connectivity index (χ0n) is 14.3. The van der Waals surface area contributed by atoms with Crippen molar-refractivity contribution >= 4 is 23.9 Å². The van der Waals surface area contributed by atoms with Crippen molar-refractivity contribution in [2.75, 3.05) is 5.32 Å². The maximum absolute atomic E-state index is 12.2. The van der Waals surface area contributed by atoms with Crippen LogP contribution in [0.1, 0.15) is 15.9 Å². The minimum Gasteiger partial charge on any atom is -0.422 e. The fourth-order valence-corrected chi connectivity index (χ4v) is 2.25. The molecule has 2 N–H and O–H groups in total. The molecule has 0 aliphatic carbocycles. The van der Waals surface area contributed by atoms with Gasteiger partial charge in [0.15, 0.2) is 0 Å². The molecule has 0 radical (unpaired) electrons. The van der Waals surface area contributed by atoms with E-state index in [0.717, 1.165) is 0 Å². The number of rotatable bonds is 5. The minimum absolute atomic E-state index is 0.348. The Morgan fingerprint density at radius 2 is 1.44 bits per heavy atom. The Hall–Kier alpha value is -3.93. The SMILES string of the molecule is O=C(N/N=C\c1ccccc1OC(=O)c1ccccc1)Nc1ccccc1. The summed E-state index contributed by atoms with van der Waals surface area (Å²) in [5.74, 6) is -0.119. The summed E-state index contributed by atoms with van der Waals surface area (Å²) in [4.78, 5) is 24.0. The van der Waals surface area contributed by atoms with Gasteiger partial charge in [-0.3, -0.25) is 0 Å². The number of esters is 1. The smallest absolute Gasteiger partial charge is 0.343 e. The average Bonchev–Trinajstić information content (AvgIpc) is 2.70. The second kappa shape index (κ2) is 8.96. The monoisotopic (exact) mass is 359 g/mol. The number of hydrogen-bond donors (Lipinski definition) is 2. The van der Waals surface area contributed by atoms with Crippen LogP contribution in [-0.2, 0) is 0 Å². The van der Waals surface area contributed by atoms with Crippen molar-refractivity contribution in [1.82, 2.24) is 5.43 Å². The van der Waals surface area contributed by atoms with Crippen molar-refractivity contribution in [3.63, 3.8) is 0 Å². The van der Waals surface area contributed by atoms with Crippen LogP contribution in [0.4, 0.5) is 10.5 Å². The summed E-state index contributed by atoms with van der Waals surface area (Å²) in [6.45, 7) is 0. The van der Waals surface area contributed by atoms with E-state index in [1.165, 1.54) is 6.21 Å². The first-order valence-corrected chi connectivity index (χ1v) is 8.24. The van der Waals surface area contributed by atoms with Crippen molar-refractivity contribution in [3.05, 3.63) is 96.1 Å². The lowest BCUT2D eigenvalue weighted by Crippen LogP contribution is -2.24. The van der Waals surface area contributed by atoms with Gasteiger partial charge in [0.05, 0.1) is 11.8 Å². The molecule has 2 amide bonds. The molecule has 0 saturated carbocycles. The maximum Gasteiger partial charge on any atom is 0.343 e. The number of nitrogens with one attached hydrogen (secondary N) is 2. The van der Waals surface area contributed by atoms with Gasteiger partial charge in [0.1, 0.15) is 5.75 Å². The summed E-state index contributed by atoms with van der Waals surface area (Å²) in [7, 11) is 0. The van der Waals surface area contributed by atoms with Gasteiger partial charge in [-0.25, -0.2) is 15.0 Å². The standard InChI is InChI=1S/C21H17N3O3/c25-20(16-9-3-1-4-10-16)27-19-14-8-7-11-17(19)15-22-24-21(26)23-18-12-5-2-6-13-18/h1-15H,(H2,23,24,26)/b22-15-. The Bertz CT molecular complexity index is 941. The van der Waals surface area contributed by atoms with Gasteiger partial charge in [-0.05, 0) is 36.4 Å². The highest BCUT2D eigenvalue weighted by molar-refractivity contribution is 5.94. The first kappa shape index (κ1) is 17.9. The van der Waals surface area contributed by atoms with Gasteiger partial charge in [-0.2, -0.15) is 5.10 Å². The summed E-state index contributed by atoms with van der Waals surface area (Å²) >= 11 is 0. The van der Waals surface area contributed by atoms with E-state index in [1.54, 1.807) is 60.7 Å². The van der Waals surface area contributed by atoms with Gasteiger partial charge < -0.3 is 10.1 Å². The number of hydrogen-bond acceptors (Lipinski definition) is 4. The van der Waals surface area contributed by atoms with E-state index in [9.17, 15) is 9.59 Å². The zero-order chi connectivity index (χ0) is 18.9. The molecule has 3 rings (SSSR count). The summed E-state index contributed by atoms with van der Waals surface area (Å²) in [6.07, 6.45) is 1.41. The van der Waals surface area contributed by atoms with Crippen LogP contribution in [0.15, 0.2) is 90.0 Å². The molecule has 0 aliphatic rings. The third-order valence-electron chi connectivity index (χ3n) is 3.53. The second-order valence-corrected chi connectivity index (χ2v) is 5.48. The number of benzene rings is 3. The molecule has 0 spiro atoms. The molecule has 0 fully saturated rings. The first-order valence-electron chi connectivity index (χ1n) is 8.24. The molecule has 0 aromatic heterocycles. The van der Waals surface area contributed by atoms with Gasteiger partial charge in [0.25, 0.3) is 0 Å². The Morgan fingerprint density at radius 1 is 0.815 bits per heavy atom. The highest BCUT2D eigenvalue weighted by Gasteiger charge is 2.10. The molecule has 0 unspecified atom stereocenters. The molecular formula is C21H17N3O3. The third-order valence-corrected chi connectivity index (χ3v) is 3.53. The molecule has 0 heterocycles. The molecule has 0 atom stereocenters. The van der Waals surface area contributed by atoms with E-state index in [2.05, 4.69) is 15.8 Å². The van der Waals surface area contributed by atoms with Crippen molar-refractivity contribution in [2.24, 2.45) is 5.10 Å². The molecule has 0 bridgehead atoms. The lowest BCUT2D eigenvalue weighted by molar-refractivity contribution is 0.0734. The van der Waals surface area contributed by atoms with Crippen LogP contribution in [0, 0.1) is 0 Å². The number of carbonyl (C=O) groups excluding carboxylic acids is 2. The van der Waals surface area contributed by atoms with E-state index >= 15 is 0 Å². The van der Waals surface area contributed by atoms with Crippen LogP contribution in [0.5, 0.6) is 5.75 Å². The average molecular weight is 359 g/mol. The predicted molar refractivity (Wildman–Crippen MR) is 104 cm³/mol. The highest BCUT2D eigenvalue weighted by Crippen LogP contribution is 2.17. The van der Waals surface area contributed by atoms with Gasteiger partial charge in [0, 0.05) is 11.3 Å². The Labute approximate surface area is 156 Å². The highest BCUT2D eigenvalue weighted by atomic mass is 16.5. The zero-order valence-corrected chi connectivity index (χ0v) is 14.3. The number of carbonyl (C=O) groups is 2. The first-order chi connectivity index (χ1) is 13.2. The lowest BCUT2D eigenvalue weighted by Gasteiger charge is -2.07. The largest absolute Gasteiger partial charge is 0.422 e. The molecule has 134 valence electrons. The predicted octanol–water partition coefficient (Wildman–Crippen LogP) is 4.06. The van der Waals surface area contributed by atoms with E-state index < -0.39 is 12.0 Å². The number of amides is 2. The quantitative estimate of drug-likeness (QED) is 0.312. The molecule has 3 aromatic rings.